The molecule has 0 atom stereocenters. The van der Waals surface area contributed by atoms with Gasteiger partial charge in [0.2, 0.25) is 0 Å². The number of likely N-dealkylation sites (N-methyl/N-ethyl adjacent to an activating group) is 1. The smallest absolute Gasteiger partial charge is 0.261 e. The van der Waals surface area contributed by atoms with Gasteiger partial charge in [0.15, 0.2) is 0 Å². The van der Waals surface area contributed by atoms with Crippen molar-refractivity contribution in [3.8, 4) is 11.8 Å². The van der Waals surface area contributed by atoms with Gasteiger partial charge in [-0.3, -0.25) is 4.79 Å². The highest BCUT2D eigenvalue weighted by Gasteiger charge is 2.09. The standard InChI is InChI=1S/C13H13BrN2O2/c1-3-18-12-5-4-11(14)7-9(12)6-10(8-15)13(17)16-2/h4-7H,3H2,1-2H3,(H,16,17)/b10-6-. The fraction of sp³-hybridized carbons (Fsp3) is 0.231. The van der Waals surface area contributed by atoms with Crippen LogP contribution in [0.3, 0.4) is 0 Å². The number of nitriles is 1. The molecule has 0 bridgehead atoms. The van der Waals surface area contributed by atoms with Crippen molar-refractivity contribution in [1.82, 2.24) is 5.32 Å². The van der Waals surface area contributed by atoms with Crippen LogP contribution in [-0.2, 0) is 4.79 Å². The molecule has 1 aromatic carbocycles. The zero-order valence-electron chi connectivity index (χ0n) is 10.2. The summed E-state index contributed by atoms with van der Waals surface area (Å²) in [4.78, 5) is 11.4. The molecule has 0 aliphatic rings. The minimum atomic E-state index is -0.417. The van der Waals surface area contributed by atoms with Gasteiger partial charge in [-0.15, -0.1) is 0 Å². The minimum Gasteiger partial charge on any atom is -0.493 e. The molecule has 94 valence electrons. The fourth-order valence-corrected chi connectivity index (χ4v) is 1.74. The molecule has 1 N–H and O–H groups in total. The van der Waals surface area contributed by atoms with E-state index in [1.165, 1.54) is 13.1 Å². The summed E-state index contributed by atoms with van der Waals surface area (Å²) in [6.07, 6.45) is 1.51. The number of rotatable bonds is 4. The highest BCUT2D eigenvalue weighted by molar-refractivity contribution is 9.10. The minimum absolute atomic E-state index is 0.0385. The topological polar surface area (TPSA) is 62.1 Å². The third-order valence-corrected chi connectivity index (χ3v) is 2.66. The van der Waals surface area contributed by atoms with E-state index in [-0.39, 0.29) is 5.57 Å². The van der Waals surface area contributed by atoms with Gasteiger partial charge in [0.25, 0.3) is 5.91 Å². The predicted molar refractivity (Wildman–Crippen MR) is 73.0 cm³/mol. The van der Waals surface area contributed by atoms with Crippen molar-refractivity contribution in [3.63, 3.8) is 0 Å². The first-order valence-electron chi connectivity index (χ1n) is 5.38. The summed E-state index contributed by atoms with van der Waals surface area (Å²) in [7, 11) is 1.48. The Labute approximate surface area is 114 Å². The van der Waals surface area contributed by atoms with Crippen LogP contribution in [0.25, 0.3) is 6.08 Å². The van der Waals surface area contributed by atoms with Crippen molar-refractivity contribution < 1.29 is 9.53 Å². The predicted octanol–water partition coefficient (Wildman–Crippen LogP) is 2.50. The molecule has 0 radical (unpaired) electrons. The zero-order valence-corrected chi connectivity index (χ0v) is 11.7. The lowest BCUT2D eigenvalue weighted by atomic mass is 10.1. The number of carbonyl (C=O) groups is 1. The molecular weight excluding hydrogens is 296 g/mol. The Balaban J connectivity index is 3.22. The second-order valence-corrected chi connectivity index (χ2v) is 4.28. The summed E-state index contributed by atoms with van der Waals surface area (Å²) in [5.74, 6) is 0.220. The number of halogens is 1. The Morgan fingerprint density at radius 1 is 1.61 bits per heavy atom. The van der Waals surface area contributed by atoms with E-state index in [9.17, 15) is 4.79 Å². The first-order chi connectivity index (χ1) is 8.62. The van der Waals surface area contributed by atoms with Crippen LogP contribution in [0.4, 0.5) is 0 Å². The highest BCUT2D eigenvalue weighted by Crippen LogP contribution is 2.25. The first kappa shape index (κ1) is 14.3. The van der Waals surface area contributed by atoms with Gasteiger partial charge in [0, 0.05) is 17.1 Å². The lowest BCUT2D eigenvalue weighted by molar-refractivity contribution is -0.116. The molecule has 18 heavy (non-hydrogen) atoms. The van der Waals surface area contributed by atoms with Crippen molar-refractivity contribution in [2.75, 3.05) is 13.7 Å². The number of hydrogen-bond acceptors (Lipinski definition) is 3. The molecule has 0 spiro atoms. The van der Waals surface area contributed by atoms with E-state index in [1.807, 2.05) is 19.1 Å². The molecule has 0 fully saturated rings. The Hall–Kier alpha value is -1.80. The summed E-state index contributed by atoms with van der Waals surface area (Å²) in [6.45, 7) is 2.39. The lowest BCUT2D eigenvalue weighted by Gasteiger charge is -2.08. The van der Waals surface area contributed by atoms with E-state index in [0.717, 1.165) is 4.47 Å². The van der Waals surface area contributed by atoms with Crippen LogP contribution < -0.4 is 10.1 Å². The Morgan fingerprint density at radius 2 is 2.33 bits per heavy atom. The molecule has 0 aliphatic heterocycles. The van der Waals surface area contributed by atoms with Gasteiger partial charge in [-0.25, -0.2) is 0 Å². The molecule has 4 nitrogen and oxygen atoms in total. The van der Waals surface area contributed by atoms with Crippen LogP contribution in [0.15, 0.2) is 28.2 Å². The van der Waals surface area contributed by atoms with Crippen LogP contribution in [0.1, 0.15) is 12.5 Å². The molecule has 0 saturated heterocycles. The van der Waals surface area contributed by atoms with E-state index < -0.39 is 5.91 Å². The number of nitrogens with zero attached hydrogens (tertiary/aromatic N) is 1. The summed E-state index contributed by atoms with van der Waals surface area (Å²) in [6, 6.07) is 7.30. The zero-order chi connectivity index (χ0) is 13.5. The molecule has 0 unspecified atom stereocenters. The second kappa shape index (κ2) is 6.82. The van der Waals surface area contributed by atoms with Crippen LogP contribution in [-0.4, -0.2) is 19.6 Å². The van der Waals surface area contributed by atoms with Crippen molar-refractivity contribution in [1.29, 1.82) is 5.26 Å². The first-order valence-corrected chi connectivity index (χ1v) is 6.18. The molecule has 0 aliphatic carbocycles. The summed E-state index contributed by atoms with van der Waals surface area (Å²) in [5, 5.41) is 11.4. The number of carbonyl (C=O) groups excluding carboxylic acids is 1. The molecule has 1 amide bonds. The van der Waals surface area contributed by atoms with Gasteiger partial charge in [0.1, 0.15) is 17.4 Å². The Bertz CT molecular complexity index is 518. The Kier molecular flexibility index (Phi) is 5.40. The average Bonchev–Trinajstić information content (AvgIpc) is 2.38. The van der Waals surface area contributed by atoms with Crippen molar-refractivity contribution in [3.05, 3.63) is 33.8 Å². The van der Waals surface area contributed by atoms with E-state index in [0.29, 0.717) is 17.9 Å². The van der Waals surface area contributed by atoms with Gasteiger partial charge in [-0.1, -0.05) is 15.9 Å². The van der Waals surface area contributed by atoms with Gasteiger partial charge in [0.05, 0.1) is 6.61 Å². The van der Waals surface area contributed by atoms with Gasteiger partial charge < -0.3 is 10.1 Å². The summed E-state index contributed by atoms with van der Waals surface area (Å²) < 4.78 is 6.30. The highest BCUT2D eigenvalue weighted by atomic mass is 79.9. The van der Waals surface area contributed by atoms with Crippen molar-refractivity contribution in [2.45, 2.75) is 6.92 Å². The maximum Gasteiger partial charge on any atom is 0.261 e. The van der Waals surface area contributed by atoms with Crippen LogP contribution >= 0.6 is 15.9 Å². The molecule has 0 saturated carbocycles. The van der Waals surface area contributed by atoms with E-state index in [1.54, 1.807) is 12.1 Å². The van der Waals surface area contributed by atoms with Crippen LogP contribution in [0.2, 0.25) is 0 Å². The monoisotopic (exact) mass is 308 g/mol. The molecule has 1 rings (SSSR count). The SMILES string of the molecule is CCOc1ccc(Br)cc1/C=C(/C#N)C(=O)NC. The van der Waals surface area contributed by atoms with Gasteiger partial charge in [-0.05, 0) is 31.2 Å². The maximum atomic E-state index is 11.4. The van der Waals surface area contributed by atoms with Gasteiger partial charge in [-0.2, -0.15) is 5.26 Å². The summed E-state index contributed by atoms with van der Waals surface area (Å²) in [5.41, 5.74) is 0.725. The molecule has 1 aromatic rings. The van der Waals surface area contributed by atoms with E-state index >= 15 is 0 Å². The molecule has 0 heterocycles. The number of amides is 1. The summed E-state index contributed by atoms with van der Waals surface area (Å²) >= 11 is 3.35. The van der Waals surface area contributed by atoms with E-state index in [2.05, 4.69) is 21.2 Å². The largest absolute Gasteiger partial charge is 0.493 e. The molecule has 0 aromatic heterocycles. The van der Waals surface area contributed by atoms with Gasteiger partial charge >= 0.3 is 0 Å². The van der Waals surface area contributed by atoms with E-state index in [4.69, 9.17) is 10.00 Å². The Morgan fingerprint density at radius 3 is 2.89 bits per heavy atom. The molecular formula is C13H13BrN2O2. The van der Waals surface area contributed by atoms with Crippen molar-refractivity contribution >= 4 is 27.9 Å². The fourth-order valence-electron chi connectivity index (χ4n) is 1.36. The van der Waals surface area contributed by atoms with Crippen molar-refractivity contribution in [2.24, 2.45) is 0 Å². The second-order valence-electron chi connectivity index (χ2n) is 3.36. The van der Waals surface area contributed by atoms with Crippen LogP contribution in [0.5, 0.6) is 5.75 Å². The molecule has 5 heteroatoms. The third-order valence-electron chi connectivity index (χ3n) is 2.16. The number of hydrogen-bond donors (Lipinski definition) is 1. The third kappa shape index (κ3) is 3.60. The number of benzene rings is 1. The van der Waals surface area contributed by atoms with Crippen LogP contribution in [0, 0.1) is 11.3 Å². The number of ether oxygens (including phenoxy) is 1. The normalized spacial score (nSPS) is 10.7. The average molecular weight is 309 g/mol. The lowest BCUT2D eigenvalue weighted by Crippen LogP contribution is -2.19. The number of nitrogens with one attached hydrogen (secondary N) is 1. The quantitative estimate of drug-likeness (QED) is 0.686. The maximum absolute atomic E-state index is 11.4.